The van der Waals surface area contributed by atoms with Gasteiger partial charge in [-0.15, -0.1) is 0 Å². The minimum absolute atomic E-state index is 0.0729. The molecule has 9 nitrogen and oxygen atoms in total. The summed E-state index contributed by atoms with van der Waals surface area (Å²) >= 11 is 6.46. The second-order valence-corrected chi connectivity index (χ2v) is 18.6. The molecule has 13 rings (SSSR count). The van der Waals surface area contributed by atoms with Crippen LogP contribution in [-0.4, -0.2) is 56.0 Å². The third-order valence-electron chi connectivity index (χ3n) is 14.8. The van der Waals surface area contributed by atoms with Crippen molar-refractivity contribution < 1.29 is 9.59 Å². The van der Waals surface area contributed by atoms with Crippen LogP contribution in [0.25, 0.3) is 11.4 Å². The lowest BCUT2D eigenvalue weighted by Gasteiger charge is -2.54. The number of rotatable bonds is 7. The number of benzene rings is 2. The number of amides is 2. The van der Waals surface area contributed by atoms with Crippen LogP contribution in [0.5, 0.6) is 0 Å². The van der Waals surface area contributed by atoms with Crippen molar-refractivity contribution in [3.8, 4) is 11.4 Å². The molecule has 3 heterocycles. The number of nitrogens with zero attached hydrogens (tertiary/aromatic N) is 5. The molecular formula is C45H54ClN7O2. The van der Waals surface area contributed by atoms with Gasteiger partial charge in [-0.3, -0.25) is 9.59 Å². The molecule has 2 N–H and O–H groups in total. The first-order chi connectivity index (χ1) is 26.9. The van der Waals surface area contributed by atoms with Crippen LogP contribution >= 0.6 is 11.6 Å². The standard InChI is InChI=1S/C25H32N4O.C20H22ClN3O/c1-16-6-5-9-28(16)25-22(15-26-29(25)21-7-3-2-4-8-21)24(30)27-23-19-11-17-10-18(13-19)14-20(23)12-17;21-19-17(11-22-24(19)16-4-2-1-3-5-16)20(25)23-18-14-7-12-6-13(9-14)10-15(18)8-12/h2-4,7-8,15-20,23H,5-6,9-14H2,1H3,(H,27,30);1-5,11-15,18H,6-10H2,(H,23,25). The molecule has 9 aliphatic rings. The van der Waals surface area contributed by atoms with Gasteiger partial charge in [0, 0.05) is 24.7 Å². The lowest BCUT2D eigenvalue weighted by atomic mass is 9.54. The van der Waals surface area contributed by atoms with Gasteiger partial charge in [-0.2, -0.15) is 10.2 Å². The fraction of sp³-hybridized carbons (Fsp3) is 0.556. The lowest BCUT2D eigenvalue weighted by Crippen LogP contribution is -2.55. The molecule has 8 aliphatic carbocycles. The molecule has 1 unspecified atom stereocenters. The van der Waals surface area contributed by atoms with E-state index >= 15 is 0 Å². The van der Waals surface area contributed by atoms with Crippen LogP contribution in [0.3, 0.4) is 0 Å². The molecule has 1 atom stereocenters. The third-order valence-corrected chi connectivity index (χ3v) is 15.2. The lowest BCUT2D eigenvalue weighted by molar-refractivity contribution is -0.0119. The van der Waals surface area contributed by atoms with Crippen LogP contribution in [0, 0.1) is 47.3 Å². The van der Waals surface area contributed by atoms with Crippen LogP contribution in [0.15, 0.2) is 73.1 Å². The van der Waals surface area contributed by atoms with E-state index in [4.69, 9.17) is 11.6 Å². The van der Waals surface area contributed by atoms with Crippen molar-refractivity contribution in [3.05, 3.63) is 89.3 Å². The second-order valence-electron chi connectivity index (χ2n) is 18.3. The second kappa shape index (κ2) is 14.4. The number of para-hydroxylation sites is 2. The maximum absolute atomic E-state index is 13.6. The Morgan fingerprint density at radius 2 is 1.05 bits per heavy atom. The Labute approximate surface area is 329 Å². The molecule has 2 aromatic carbocycles. The first kappa shape index (κ1) is 35.3. The summed E-state index contributed by atoms with van der Waals surface area (Å²) in [6.07, 6.45) is 19.0. The molecule has 1 saturated heterocycles. The summed E-state index contributed by atoms with van der Waals surface area (Å²) in [4.78, 5) is 28.8. The van der Waals surface area contributed by atoms with E-state index in [1.54, 1.807) is 17.1 Å². The van der Waals surface area contributed by atoms with Crippen molar-refractivity contribution in [1.29, 1.82) is 0 Å². The zero-order valence-corrected chi connectivity index (χ0v) is 32.7. The van der Waals surface area contributed by atoms with Crippen molar-refractivity contribution >= 4 is 29.2 Å². The molecule has 2 amide bonds. The Balaban J connectivity index is 0.000000138. The number of carbonyl (C=O) groups excluding carboxylic acids is 2. The highest BCUT2D eigenvalue weighted by molar-refractivity contribution is 6.33. The number of hydrogen-bond acceptors (Lipinski definition) is 5. The molecule has 10 heteroatoms. The molecule has 4 aromatic rings. The smallest absolute Gasteiger partial charge is 0.256 e. The van der Waals surface area contributed by atoms with E-state index in [0.29, 0.717) is 52.5 Å². The molecule has 0 spiro atoms. The van der Waals surface area contributed by atoms with E-state index in [2.05, 4.69) is 44.8 Å². The van der Waals surface area contributed by atoms with Gasteiger partial charge in [-0.25, -0.2) is 9.36 Å². The predicted octanol–water partition coefficient (Wildman–Crippen LogP) is 8.50. The van der Waals surface area contributed by atoms with E-state index in [9.17, 15) is 9.59 Å². The van der Waals surface area contributed by atoms with Crippen molar-refractivity contribution in [2.75, 3.05) is 11.4 Å². The topological polar surface area (TPSA) is 97.1 Å². The fourth-order valence-electron chi connectivity index (χ4n) is 12.8. The zero-order valence-electron chi connectivity index (χ0n) is 31.9. The van der Waals surface area contributed by atoms with E-state index in [-0.39, 0.29) is 11.8 Å². The fourth-order valence-corrected chi connectivity index (χ4v) is 13.1. The monoisotopic (exact) mass is 759 g/mol. The summed E-state index contributed by atoms with van der Waals surface area (Å²) in [7, 11) is 0. The molecule has 1 aliphatic heterocycles. The number of carbonyl (C=O) groups is 2. The average molecular weight is 760 g/mol. The van der Waals surface area contributed by atoms with Gasteiger partial charge in [0.05, 0.1) is 29.3 Å². The van der Waals surface area contributed by atoms with Gasteiger partial charge in [0.25, 0.3) is 11.8 Å². The average Bonchev–Trinajstić information content (AvgIpc) is 3.93. The van der Waals surface area contributed by atoms with Gasteiger partial charge in [0.15, 0.2) is 0 Å². The van der Waals surface area contributed by atoms with Crippen LogP contribution in [0.2, 0.25) is 5.15 Å². The summed E-state index contributed by atoms with van der Waals surface area (Å²) in [6, 6.07) is 21.0. The first-order valence-electron chi connectivity index (χ1n) is 21.2. The first-order valence-corrected chi connectivity index (χ1v) is 21.5. The normalized spacial score (nSPS) is 33.7. The summed E-state index contributed by atoms with van der Waals surface area (Å²) in [5.74, 6) is 7.28. The molecule has 8 bridgehead atoms. The maximum Gasteiger partial charge on any atom is 0.256 e. The minimum Gasteiger partial charge on any atom is -0.353 e. The van der Waals surface area contributed by atoms with Crippen molar-refractivity contribution in [3.63, 3.8) is 0 Å². The molecule has 2 aromatic heterocycles. The summed E-state index contributed by atoms with van der Waals surface area (Å²) in [5, 5.41) is 16.2. The SMILES string of the molecule is CC1CCCN1c1c(C(=O)NC2C3CC4CC(C3)CC2C4)cnn1-c1ccccc1.O=C(NC1C2CC3CC(C2)CC1C3)c1cnn(-c2ccccc2)c1Cl. The number of hydrogen-bond donors (Lipinski definition) is 2. The minimum atomic E-state index is -0.0790. The zero-order chi connectivity index (χ0) is 37.2. The van der Waals surface area contributed by atoms with Crippen LogP contribution in [-0.2, 0) is 0 Å². The van der Waals surface area contributed by atoms with Gasteiger partial charge < -0.3 is 15.5 Å². The molecular weight excluding hydrogens is 706 g/mol. The Hall–Kier alpha value is -4.11. The number of halogens is 1. The van der Waals surface area contributed by atoms with E-state index in [1.165, 1.54) is 64.2 Å². The van der Waals surface area contributed by atoms with Crippen LogP contribution in [0.4, 0.5) is 5.82 Å². The van der Waals surface area contributed by atoms with Gasteiger partial charge in [-0.1, -0.05) is 48.0 Å². The summed E-state index contributed by atoms with van der Waals surface area (Å²) < 4.78 is 3.58. The highest BCUT2D eigenvalue weighted by Crippen LogP contribution is 2.55. The number of anilines is 1. The third kappa shape index (κ3) is 6.58. The number of nitrogens with one attached hydrogen (secondary N) is 2. The van der Waals surface area contributed by atoms with Crippen molar-refractivity contribution in [2.45, 2.75) is 102 Å². The molecule has 8 saturated carbocycles. The molecule has 0 radical (unpaired) electrons. The van der Waals surface area contributed by atoms with Gasteiger partial charge >= 0.3 is 0 Å². The van der Waals surface area contributed by atoms with E-state index < -0.39 is 0 Å². The molecule has 55 heavy (non-hydrogen) atoms. The Bertz CT molecular complexity index is 1970. The molecule has 9 fully saturated rings. The van der Waals surface area contributed by atoms with Crippen LogP contribution in [0.1, 0.15) is 105 Å². The van der Waals surface area contributed by atoms with Crippen molar-refractivity contribution in [2.24, 2.45) is 47.3 Å². The summed E-state index contributed by atoms with van der Waals surface area (Å²) in [5.41, 5.74) is 3.09. The van der Waals surface area contributed by atoms with Crippen molar-refractivity contribution in [1.82, 2.24) is 30.2 Å². The van der Waals surface area contributed by atoms with Gasteiger partial charge in [0.2, 0.25) is 0 Å². The van der Waals surface area contributed by atoms with E-state index in [0.717, 1.165) is 65.8 Å². The Kier molecular flexibility index (Phi) is 9.27. The largest absolute Gasteiger partial charge is 0.353 e. The van der Waals surface area contributed by atoms with E-state index in [1.807, 2.05) is 53.2 Å². The highest BCUT2D eigenvalue weighted by atomic mass is 35.5. The summed E-state index contributed by atoms with van der Waals surface area (Å²) in [6.45, 7) is 3.24. The molecule has 288 valence electrons. The van der Waals surface area contributed by atoms with Gasteiger partial charge in [0.1, 0.15) is 16.5 Å². The number of aromatic nitrogens is 4. The Morgan fingerprint density at radius 3 is 1.53 bits per heavy atom. The quantitative estimate of drug-likeness (QED) is 0.197. The van der Waals surface area contributed by atoms with Gasteiger partial charge in [-0.05, 0) is 156 Å². The maximum atomic E-state index is 13.6. The van der Waals surface area contributed by atoms with Crippen LogP contribution < -0.4 is 15.5 Å². The predicted molar refractivity (Wildman–Crippen MR) is 215 cm³/mol. The highest BCUT2D eigenvalue weighted by Gasteiger charge is 2.50. The Morgan fingerprint density at radius 1 is 0.618 bits per heavy atom.